The predicted molar refractivity (Wildman–Crippen MR) is 78.7 cm³/mol. The van der Waals surface area contributed by atoms with Crippen molar-refractivity contribution >= 4 is 24.0 Å². The summed E-state index contributed by atoms with van der Waals surface area (Å²) >= 11 is 0. The van der Waals surface area contributed by atoms with E-state index in [1.54, 1.807) is 11.2 Å². The fourth-order valence-electron chi connectivity index (χ4n) is 2.80. The minimum absolute atomic E-state index is 0.0589. The van der Waals surface area contributed by atoms with Crippen LogP contribution >= 0.6 is 0 Å². The SMILES string of the molecule is Cc1ccc(N2C=NC3(CCN(C(=O)O)CC3)C2=O)cc1. The minimum atomic E-state index is -0.935. The van der Waals surface area contributed by atoms with Crippen molar-refractivity contribution in [2.75, 3.05) is 18.0 Å². The van der Waals surface area contributed by atoms with Crippen LogP contribution in [-0.4, -0.2) is 47.0 Å². The Kier molecular flexibility index (Phi) is 3.16. The molecule has 0 atom stereocenters. The van der Waals surface area contributed by atoms with Gasteiger partial charge in [-0.3, -0.25) is 14.7 Å². The maximum absolute atomic E-state index is 12.7. The van der Waals surface area contributed by atoms with Crippen LogP contribution in [0.2, 0.25) is 0 Å². The number of nitrogens with zero attached hydrogens (tertiary/aromatic N) is 3. The number of rotatable bonds is 1. The normalized spacial score (nSPS) is 20.3. The van der Waals surface area contributed by atoms with Crippen molar-refractivity contribution in [1.82, 2.24) is 4.90 Å². The molecule has 1 saturated heterocycles. The Bertz CT molecular complexity index is 601. The third kappa shape index (κ3) is 2.26. The van der Waals surface area contributed by atoms with Gasteiger partial charge >= 0.3 is 6.09 Å². The van der Waals surface area contributed by atoms with E-state index in [1.807, 2.05) is 31.2 Å². The van der Waals surface area contributed by atoms with E-state index in [4.69, 9.17) is 5.11 Å². The Hall–Kier alpha value is -2.37. The summed E-state index contributed by atoms with van der Waals surface area (Å²) in [5, 5.41) is 8.98. The number of carbonyl (C=O) groups excluding carboxylic acids is 1. The van der Waals surface area contributed by atoms with Crippen LogP contribution in [0.1, 0.15) is 18.4 Å². The largest absolute Gasteiger partial charge is 0.465 e. The molecule has 2 aliphatic heterocycles. The van der Waals surface area contributed by atoms with Crippen LogP contribution < -0.4 is 4.90 Å². The molecule has 2 heterocycles. The highest BCUT2D eigenvalue weighted by Gasteiger charge is 2.47. The molecular formula is C15H17N3O3. The van der Waals surface area contributed by atoms with Gasteiger partial charge in [0.1, 0.15) is 5.54 Å². The Morgan fingerprint density at radius 1 is 1.24 bits per heavy atom. The first-order valence-electron chi connectivity index (χ1n) is 6.95. The molecule has 0 bridgehead atoms. The van der Waals surface area contributed by atoms with E-state index in [0.717, 1.165) is 11.3 Å². The first-order valence-corrected chi connectivity index (χ1v) is 6.95. The van der Waals surface area contributed by atoms with Crippen molar-refractivity contribution in [3.63, 3.8) is 0 Å². The van der Waals surface area contributed by atoms with E-state index in [-0.39, 0.29) is 5.91 Å². The van der Waals surface area contributed by atoms with Crippen LogP contribution in [0.4, 0.5) is 10.5 Å². The van der Waals surface area contributed by atoms with E-state index >= 15 is 0 Å². The van der Waals surface area contributed by atoms with Gasteiger partial charge in [0.25, 0.3) is 5.91 Å². The van der Waals surface area contributed by atoms with Crippen molar-refractivity contribution in [3.8, 4) is 0 Å². The van der Waals surface area contributed by atoms with Gasteiger partial charge in [-0.1, -0.05) is 17.7 Å². The zero-order chi connectivity index (χ0) is 15.0. The molecule has 110 valence electrons. The second-order valence-electron chi connectivity index (χ2n) is 5.56. The molecule has 0 unspecified atom stereocenters. The molecule has 0 saturated carbocycles. The average molecular weight is 287 g/mol. The zero-order valence-electron chi connectivity index (χ0n) is 11.8. The van der Waals surface area contributed by atoms with Gasteiger partial charge in [-0.2, -0.15) is 0 Å². The monoisotopic (exact) mass is 287 g/mol. The lowest BCUT2D eigenvalue weighted by Crippen LogP contribution is -2.50. The van der Waals surface area contributed by atoms with Crippen LogP contribution in [0.25, 0.3) is 0 Å². The van der Waals surface area contributed by atoms with Crippen LogP contribution in [-0.2, 0) is 4.79 Å². The van der Waals surface area contributed by atoms with Crippen molar-refractivity contribution in [2.45, 2.75) is 25.3 Å². The van der Waals surface area contributed by atoms with Crippen LogP contribution in [0, 0.1) is 6.92 Å². The second-order valence-corrected chi connectivity index (χ2v) is 5.56. The fourth-order valence-corrected chi connectivity index (χ4v) is 2.80. The number of benzene rings is 1. The maximum Gasteiger partial charge on any atom is 0.407 e. The number of aryl methyl sites for hydroxylation is 1. The lowest BCUT2D eigenvalue weighted by atomic mass is 9.87. The lowest BCUT2D eigenvalue weighted by Gasteiger charge is -2.34. The third-order valence-electron chi connectivity index (χ3n) is 4.21. The molecule has 0 aliphatic carbocycles. The molecule has 0 radical (unpaired) electrons. The molecule has 21 heavy (non-hydrogen) atoms. The van der Waals surface area contributed by atoms with Crippen LogP contribution in [0.5, 0.6) is 0 Å². The third-order valence-corrected chi connectivity index (χ3v) is 4.21. The van der Waals surface area contributed by atoms with Crippen LogP contribution in [0.15, 0.2) is 29.3 Å². The number of piperidine rings is 1. The molecule has 3 rings (SSSR count). The average Bonchev–Trinajstić information content (AvgIpc) is 2.78. The molecular weight excluding hydrogens is 270 g/mol. The topological polar surface area (TPSA) is 73.2 Å². The second kappa shape index (κ2) is 4.87. The number of amides is 2. The first kappa shape index (κ1) is 13.6. The Morgan fingerprint density at radius 2 is 1.86 bits per heavy atom. The Balaban J connectivity index is 1.77. The minimum Gasteiger partial charge on any atom is -0.465 e. The summed E-state index contributed by atoms with van der Waals surface area (Å²) in [6, 6.07) is 7.69. The van der Waals surface area contributed by atoms with Gasteiger partial charge in [-0.15, -0.1) is 0 Å². The van der Waals surface area contributed by atoms with Gasteiger partial charge in [0.15, 0.2) is 0 Å². The smallest absolute Gasteiger partial charge is 0.407 e. The molecule has 1 N–H and O–H groups in total. The standard InChI is InChI=1S/C15H17N3O3/c1-11-2-4-12(5-3-11)18-10-16-15(13(18)19)6-8-17(9-7-15)14(20)21/h2-5,10H,6-9H2,1H3,(H,20,21). The number of carboxylic acid groups (broad SMARTS) is 1. The molecule has 2 amide bonds. The molecule has 1 fully saturated rings. The highest BCUT2D eigenvalue weighted by Crippen LogP contribution is 2.34. The van der Waals surface area contributed by atoms with E-state index in [0.29, 0.717) is 25.9 Å². The molecule has 2 aliphatic rings. The van der Waals surface area contributed by atoms with Crippen LogP contribution in [0.3, 0.4) is 0 Å². The van der Waals surface area contributed by atoms with Crippen molar-refractivity contribution in [3.05, 3.63) is 29.8 Å². The number of hydrogen-bond acceptors (Lipinski definition) is 3. The van der Waals surface area contributed by atoms with Gasteiger partial charge in [0.05, 0.1) is 6.34 Å². The van der Waals surface area contributed by atoms with E-state index < -0.39 is 11.6 Å². The predicted octanol–water partition coefficient (Wildman–Crippen LogP) is 1.88. The number of hydrogen-bond donors (Lipinski definition) is 1. The van der Waals surface area contributed by atoms with Gasteiger partial charge in [-0.25, -0.2) is 4.79 Å². The van der Waals surface area contributed by atoms with Crippen molar-refractivity contribution in [2.24, 2.45) is 4.99 Å². The summed E-state index contributed by atoms with van der Waals surface area (Å²) in [5.41, 5.74) is 1.15. The molecule has 1 spiro atoms. The van der Waals surface area contributed by atoms with Crippen molar-refractivity contribution < 1.29 is 14.7 Å². The quantitative estimate of drug-likeness (QED) is 0.857. The summed E-state index contributed by atoms with van der Waals surface area (Å²) in [5.74, 6) is -0.0589. The number of aliphatic imine (C=N–C) groups is 1. The zero-order valence-corrected chi connectivity index (χ0v) is 11.8. The highest BCUT2D eigenvalue weighted by molar-refractivity contribution is 6.17. The summed E-state index contributed by atoms with van der Waals surface area (Å²) in [4.78, 5) is 30.9. The van der Waals surface area contributed by atoms with Gasteiger partial charge in [0, 0.05) is 18.8 Å². The molecule has 6 nitrogen and oxygen atoms in total. The first-order chi connectivity index (χ1) is 10.0. The fraction of sp³-hybridized carbons (Fsp3) is 0.400. The highest BCUT2D eigenvalue weighted by atomic mass is 16.4. The Morgan fingerprint density at radius 3 is 2.43 bits per heavy atom. The number of likely N-dealkylation sites (tertiary alicyclic amines) is 1. The maximum atomic E-state index is 12.7. The molecule has 1 aromatic rings. The van der Waals surface area contributed by atoms with E-state index in [1.165, 1.54) is 4.90 Å². The summed E-state index contributed by atoms with van der Waals surface area (Å²) in [6.45, 7) is 2.69. The van der Waals surface area contributed by atoms with Gasteiger partial charge < -0.3 is 10.0 Å². The lowest BCUT2D eigenvalue weighted by molar-refractivity contribution is -0.123. The van der Waals surface area contributed by atoms with E-state index in [9.17, 15) is 9.59 Å². The Labute approximate surface area is 122 Å². The molecule has 1 aromatic carbocycles. The van der Waals surface area contributed by atoms with Gasteiger partial charge in [-0.05, 0) is 31.9 Å². The molecule has 6 heteroatoms. The number of carbonyl (C=O) groups is 2. The summed E-state index contributed by atoms with van der Waals surface area (Å²) in [7, 11) is 0. The summed E-state index contributed by atoms with van der Waals surface area (Å²) < 4.78 is 0. The summed E-state index contributed by atoms with van der Waals surface area (Å²) in [6.07, 6.45) is 1.52. The molecule has 0 aromatic heterocycles. The van der Waals surface area contributed by atoms with Gasteiger partial charge in [0.2, 0.25) is 0 Å². The number of anilines is 1. The van der Waals surface area contributed by atoms with Crippen molar-refractivity contribution in [1.29, 1.82) is 0 Å². The van der Waals surface area contributed by atoms with E-state index in [2.05, 4.69) is 4.99 Å².